The van der Waals surface area contributed by atoms with Crippen LogP contribution in [0.15, 0.2) is 79.4 Å². The number of esters is 3. The third-order valence-electron chi connectivity index (χ3n) is 6.86. The van der Waals surface area contributed by atoms with Crippen LogP contribution in [-0.2, 0) is 14.3 Å². The third kappa shape index (κ3) is 10.3. The summed E-state index contributed by atoms with van der Waals surface area (Å²) in [6.07, 6.45) is 7.40. The monoisotopic (exact) mass is 602 g/mol. The van der Waals surface area contributed by atoms with Crippen LogP contribution in [0.2, 0.25) is 0 Å². The van der Waals surface area contributed by atoms with E-state index in [1.54, 1.807) is 73.7 Å². The molecule has 0 amide bonds. The summed E-state index contributed by atoms with van der Waals surface area (Å²) in [4.78, 5) is 36.4. The van der Waals surface area contributed by atoms with Crippen LogP contribution in [0.3, 0.4) is 0 Å². The number of hydrogen-bond acceptors (Lipinski definition) is 9. The Labute approximate surface area is 257 Å². The maximum atomic E-state index is 12.7. The fraction of sp³-hybridized carbons (Fsp3) is 0.343. The Morgan fingerprint density at radius 3 is 2.07 bits per heavy atom. The van der Waals surface area contributed by atoms with Crippen molar-refractivity contribution < 1.29 is 42.8 Å². The van der Waals surface area contributed by atoms with Crippen LogP contribution in [0.4, 0.5) is 0 Å². The lowest BCUT2D eigenvalue weighted by atomic mass is 10.2. The molecule has 232 valence electrons. The number of unbranched alkanes of at least 4 members (excludes halogenated alkanes) is 3. The van der Waals surface area contributed by atoms with Gasteiger partial charge in [-0.2, -0.15) is 0 Å². The van der Waals surface area contributed by atoms with E-state index in [0.717, 1.165) is 51.0 Å². The molecule has 9 heteroatoms. The molecule has 4 rings (SSSR count). The minimum absolute atomic E-state index is 0.258. The van der Waals surface area contributed by atoms with E-state index in [-0.39, 0.29) is 6.29 Å². The van der Waals surface area contributed by atoms with Crippen LogP contribution in [0, 0.1) is 6.92 Å². The molecule has 0 aromatic heterocycles. The van der Waals surface area contributed by atoms with Crippen LogP contribution in [0.1, 0.15) is 71.2 Å². The fourth-order valence-electron chi connectivity index (χ4n) is 4.42. The molecule has 3 aromatic rings. The predicted molar refractivity (Wildman–Crippen MR) is 163 cm³/mol. The summed E-state index contributed by atoms with van der Waals surface area (Å²) >= 11 is 0. The summed E-state index contributed by atoms with van der Waals surface area (Å²) < 4.78 is 33.2. The number of carbonyl (C=O) groups is 3. The average molecular weight is 603 g/mol. The molecule has 0 aliphatic carbocycles. The van der Waals surface area contributed by atoms with E-state index in [9.17, 15) is 14.4 Å². The molecule has 44 heavy (non-hydrogen) atoms. The minimum atomic E-state index is -0.515. The quantitative estimate of drug-likeness (QED) is 0.0786. The first-order valence-electron chi connectivity index (χ1n) is 14.9. The van der Waals surface area contributed by atoms with Crippen molar-refractivity contribution in [2.24, 2.45) is 0 Å². The van der Waals surface area contributed by atoms with Crippen molar-refractivity contribution in [1.29, 1.82) is 0 Å². The van der Waals surface area contributed by atoms with E-state index in [0.29, 0.717) is 59.5 Å². The van der Waals surface area contributed by atoms with Gasteiger partial charge in [-0.25, -0.2) is 14.4 Å². The van der Waals surface area contributed by atoms with Gasteiger partial charge in [-0.3, -0.25) is 0 Å². The first-order valence-corrected chi connectivity index (χ1v) is 14.9. The largest absolute Gasteiger partial charge is 0.494 e. The first-order chi connectivity index (χ1) is 21.4. The summed E-state index contributed by atoms with van der Waals surface area (Å²) in [5.74, 6) is 0.561. The molecule has 0 spiro atoms. The molecule has 1 aliphatic rings. The highest BCUT2D eigenvalue weighted by Crippen LogP contribution is 2.26. The van der Waals surface area contributed by atoms with Gasteiger partial charge in [0.1, 0.15) is 23.0 Å². The van der Waals surface area contributed by atoms with Crippen LogP contribution < -0.4 is 18.9 Å². The van der Waals surface area contributed by atoms with Crippen LogP contribution in [0.5, 0.6) is 23.0 Å². The SMILES string of the molecule is C=CC(=O)OCCCCCCOc1ccc(C(=O)Oc2ccc(OC(=O)c3ccc(OC4CCCCO4)cc3)c(C)c2)cc1. The molecular formula is C35H38O9. The van der Waals surface area contributed by atoms with E-state index in [4.69, 9.17) is 28.4 Å². The molecule has 0 radical (unpaired) electrons. The normalized spacial score (nSPS) is 14.2. The van der Waals surface area contributed by atoms with Crippen LogP contribution in [0.25, 0.3) is 0 Å². The Balaban J connectivity index is 1.19. The van der Waals surface area contributed by atoms with E-state index in [2.05, 4.69) is 6.58 Å². The number of rotatable bonds is 15. The first kappa shape index (κ1) is 32.3. The molecule has 0 bridgehead atoms. The number of carbonyl (C=O) groups excluding carboxylic acids is 3. The molecule has 9 nitrogen and oxygen atoms in total. The van der Waals surface area contributed by atoms with Gasteiger partial charge in [0, 0.05) is 12.5 Å². The Morgan fingerprint density at radius 2 is 1.43 bits per heavy atom. The van der Waals surface area contributed by atoms with E-state index in [1.165, 1.54) is 0 Å². The molecule has 1 heterocycles. The molecule has 0 saturated carbocycles. The fourth-order valence-corrected chi connectivity index (χ4v) is 4.42. The van der Waals surface area contributed by atoms with E-state index < -0.39 is 17.9 Å². The van der Waals surface area contributed by atoms with Gasteiger partial charge < -0.3 is 28.4 Å². The highest BCUT2D eigenvalue weighted by Gasteiger charge is 2.17. The van der Waals surface area contributed by atoms with Gasteiger partial charge in [-0.15, -0.1) is 0 Å². The zero-order valence-corrected chi connectivity index (χ0v) is 25.0. The van der Waals surface area contributed by atoms with Crippen LogP contribution >= 0.6 is 0 Å². The maximum absolute atomic E-state index is 12.7. The van der Waals surface area contributed by atoms with Gasteiger partial charge in [0.15, 0.2) is 6.29 Å². The zero-order chi connectivity index (χ0) is 31.1. The standard InChI is InChI=1S/C35H38O9/c1-3-32(36)40-22-8-5-4-7-21-39-28-15-11-26(12-16-28)34(37)43-30-19-20-31(25(2)24-30)44-35(38)27-13-17-29(18-14-27)42-33-10-6-9-23-41-33/h3,11-20,24,33H,1,4-10,21-23H2,2H3. The lowest BCUT2D eigenvalue weighted by Gasteiger charge is -2.23. The molecule has 1 fully saturated rings. The second-order valence-electron chi connectivity index (χ2n) is 10.3. The second kappa shape index (κ2) is 16.9. The number of benzene rings is 3. The summed E-state index contributed by atoms with van der Waals surface area (Å²) in [6.45, 7) is 6.76. The summed E-state index contributed by atoms with van der Waals surface area (Å²) in [6, 6.07) is 18.3. The maximum Gasteiger partial charge on any atom is 0.343 e. The number of ether oxygens (including phenoxy) is 6. The smallest absolute Gasteiger partial charge is 0.343 e. The molecule has 1 unspecified atom stereocenters. The molecule has 1 aliphatic heterocycles. The third-order valence-corrected chi connectivity index (χ3v) is 6.86. The van der Waals surface area contributed by atoms with Crippen molar-refractivity contribution in [3.63, 3.8) is 0 Å². The van der Waals surface area contributed by atoms with Crippen LogP contribution in [-0.4, -0.2) is 44.0 Å². The Hall–Kier alpha value is -4.63. The van der Waals surface area contributed by atoms with Gasteiger partial charge in [0.05, 0.1) is 30.9 Å². The molecule has 1 saturated heterocycles. The Morgan fingerprint density at radius 1 is 0.795 bits per heavy atom. The average Bonchev–Trinajstić information content (AvgIpc) is 3.04. The van der Waals surface area contributed by atoms with Gasteiger partial charge in [-0.05, 0) is 118 Å². The Kier molecular flexibility index (Phi) is 12.4. The lowest BCUT2D eigenvalue weighted by Crippen LogP contribution is -2.24. The molecule has 3 aromatic carbocycles. The summed E-state index contributed by atoms with van der Waals surface area (Å²) in [7, 11) is 0. The van der Waals surface area contributed by atoms with Gasteiger partial charge in [0.2, 0.25) is 0 Å². The number of hydrogen-bond donors (Lipinski definition) is 0. The highest BCUT2D eigenvalue weighted by molar-refractivity contribution is 5.92. The Bertz CT molecular complexity index is 1390. The predicted octanol–water partition coefficient (Wildman–Crippen LogP) is 7.01. The topological polar surface area (TPSA) is 107 Å². The van der Waals surface area contributed by atoms with Gasteiger partial charge >= 0.3 is 17.9 Å². The van der Waals surface area contributed by atoms with Gasteiger partial charge in [-0.1, -0.05) is 6.58 Å². The molecule has 1 atom stereocenters. The van der Waals surface area contributed by atoms with Crippen molar-refractivity contribution in [2.45, 2.75) is 58.2 Å². The summed E-state index contributed by atoms with van der Waals surface area (Å²) in [5, 5.41) is 0. The number of aryl methyl sites for hydroxylation is 1. The summed E-state index contributed by atoms with van der Waals surface area (Å²) in [5.41, 5.74) is 1.40. The van der Waals surface area contributed by atoms with Crippen molar-refractivity contribution >= 4 is 17.9 Å². The van der Waals surface area contributed by atoms with E-state index >= 15 is 0 Å². The molecule has 0 N–H and O–H groups in total. The van der Waals surface area contributed by atoms with Gasteiger partial charge in [0.25, 0.3) is 0 Å². The lowest BCUT2D eigenvalue weighted by molar-refractivity contribution is -0.137. The minimum Gasteiger partial charge on any atom is -0.494 e. The van der Waals surface area contributed by atoms with Crippen molar-refractivity contribution in [3.8, 4) is 23.0 Å². The van der Waals surface area contributed by atoms with Crippen molar-refractivity contribution in [2.75, 3.05) is 19.8 Å². The zero-order valence-electron chi connectivity index (χ0n) is 25.0. The second-order valence-corrected chi connectivity index (χ2v) is 10.3. The van der Waals surface area contributed by atoms with Crippen molar-refractivity contribution in [1.82, 2.24) is 0 Å². The van der Waals surface area contributed by atoms with Crippen molar-refractivity contribution in [3.05, 3.63) is 96.1 Å². The van der Waals surface area contributed by atoms with E-state index in [1.807, 2.05) is 0 Å². The molecular weight excluding hydrogens is 564 g/mol. The highest BCUT2D eigenvalue weighted by atomic mass is 16.7.